The van der Waals surface area contributed by atoms with Crippen molar-refractivity contribution in [3.05, 3.63) is 87.4 Å². The number of carbonyl (C=O) groups excluding carboxylic acids is 1. The maximum Gasteiger partial charge on any atom is 0.339 e. The third-order valence-electron chi connectivity index (χ3n) is 4.51. The molecule has 3 aromatic carbocycles. The minimum Gasteiger partial charge on any atom is -0.507 e. The van der Waals surface area contributed by atoms with Crippen molar-refractivity contribution in [1.82, 2.24) is 10.3 Å². The molecule has 0 bridgehead atoms. The molecule has 0 saturated carbocycles. The Morgan fingerprint density at radius 3 is 2.58 bits per heavy atom. The molecule has 0 radical (unpaired) electrons. The number of hydrazone groups is 1. The van der Waals surface area contributed by atoms with Crippen LogP contribution in [0.1, 0.15) is 16.7 Å². The third kappa shape index (κ3) is 7.39. The van der Waals surface area contributed by atoms with E-state index in [9.17, 15) is 9.90 Å². The molecule has 0 aliphatic rings. The molecule has 0 aliphatic heterocycles. The molecule has 0 heterocycles. The SMILES string of the molecule is CN(C)Cc1ccc(NC(=O)N/N=C/c2ccc(OCc3cccc(Cl)c3Cl)cc2O)cc1. The number of rotatable bonds is 8. The predicted molar refractivity (Wildman–Crippen MR) is 132 cm³/mol. The van der Waals surface area contributed by atoms with Crippen molar-refractivity contribution in [2.75, 3.05) is 19.4 Å². The Morgan fingerprint density at radius 2 is 1.88 bits per heavy atom. The Morgan fingerprint density at radius 1 is 1.12 bits per heavy atom. The second-order valence-electron chi connectivity index (χ2n) is 7.48. The van der Waals surface area contributed by atoms with Crippen molar-refractivity contribution >= 4 is 41.1 Å². The zero-order valence-electron chi connectivity index (χ0n) is 18.2. The number of carbonyl (C=O) groups is 1. The van der Waals surface area contributed by atoms with E-state index < -0.39 is 6.03 Å². The molecule has 0 aromatic heterocycles. The van der Waals surface area contributed by atoms with E-state index in [4.69, 9.17) is 27.9 Å². The lowest BCUT2D eigenvalue weighted by Gasteiger charge is -2.10. The number of nitrogens with one attached hydrogen (secondary N) is 2. The summed E-state index contributed by atoms with van der Waals surface area (Å²) in [6.07, 6.45) is 1.34. The van der Waals surface area contributed by atoms with Gasteiger partial charge in [0.1, 0.15) is 18.1 Å². The molecule has 33 heavy (non-hydrogen) atoms. The van der Waals surface area contributed by atoms with E-state index in [-0.39, 0.29) is 12.4 Å². The molecule has 7 nitrogen and oxygen atoms in total. The van der Waals surface area contributed by atoms with Crippen LogP contribution in [0, 0.1) is 0 Å². The van der Waals surface area contributed by atoms with Crippen LogP contribution in [0.4, 0.5) is 10.5 Å². The molecule has 0 aliphatic carbocycles. The lowest BCUT2D eigenvalue weighted by atomic mass is 10.2. The zero-order chi connectivity index (χ0) is 23.8. The Kier molecular flexibility index (Phi) is 8.54. The first-order valence-electron chi connectivity index (χ1n) is 10.0. The summed E-state index contributed by atoms with van der Waals surface area (Å²) in [7, 11) is 3.99. The van der Waals surface area contributed by atoms with E-state index in [1.54, 1.807) is 24.3 Å². The number of ether oxygens (including phenoxy) is 1. The molecule has 3 aromatic rings. The first-order valence-corrected chi connectivity index (χ1v) is 10.8. The van der Waals surface area contributed by atoms with Crippen LogP contribution in [-0.4, -0.2) is 36.3 Å². The van der Waals surface area contributed by atoms with Gasteiger partial charge >= 0.3 is 6.03 Å². The number of benzene rings is 3. The molecular formula is C24H24Cl2N4O3. The number of aromatic hydroxyl groups is 1. The molecule has 0 unspecified atom stereocenters. The summed E-state index contributed by atoms with van der Waals surface area (Å²) in [6.45, 7) is 1.02. The number of hydrogen-bond donors (Lipinski definition) is 3. The smallest absolute Gasteiger partial charge is 0.339 e. The first-order chi connectivity index (χ1) is 15.8. The number of halogens is 2. The van der Waals surface area contributed by atoms with Crippen molar-refractivity contribution in [2.24, 2.45) is 5.10 Å². The quantitative estimate of drug-likeness (QED) is 0.290. The average Bonchev–Trinajstić information content (AvgIpc) is 2.77. The van der Waals surface area contributed by atoms with Gasteiger partial charge in [-0.1, -0.05) is 47.5 Å². The Bertz CT molecular complexity index is 1140. The number of amides is 2. The van der Waals surface area contributed by atoms with Gasteiger partial charge in [0.2, 0.25) is 0 Å². The number of urea groups is 1. The summed E-state index contributed by atoms with van der Waals surface area (Å²) in [4.78, 5) is 14.1. The molecule has 0 saturated heterocycles. The number of hydrogen-bond acceptors (Lipinski definition) is 5. The van der Waals surface area contributed by atoms with Crippen molar-refractivity contribution in [2.45, 2.75) is 13.2 Å². The number of phenols is 1. The molecule has 3 rings (SSSR count). The van der Waals surface area contributed by atoms with Crippen LogP contribution in [0.2, 0.25) is 10.0 Å². The minimum absolute atomic E-state index is 0.0490. The molecule has 0 spiro atoms. The van der Waals surface area contributed by atoms with Crippen LogP contribution in [-0.2, 0) is 13.2 Å². The number of anilines is 1. The van der Waals surface area contributed by atoms with Crippen molar-refractivity contribution in [1.29, 1.82) is 0 Å². The van der Waals surface area contributed by atoms with Gasteiger partial charge in [-0.15, -0.1) is 0 Å². The number of phenolic OH excluding ortho intramolecular Hbond substituents is 1. The van der Waals surface area contributed by atoms with Crippen LogP contribution < -0.4 is 15.5 Å². The molecule has 0 atom stereocenters. The van der Waals surface area contributed by atoms with Crippen molar-refractivity contribution in [3.8, 4) is 11.5 Å². The standard InChI is InChI=1S/C24H24Cl2N4O3/c1-30(2)14-16-6-9-19(10-7-16)28-24(32)29-27-13-17-8-11-20(12-22(17)31)33-15-18-4-3-5-21(25)23(18)26/h3-13,31H,14-15H2,1-2H3,(H2,28,29,32)/b27-13+. The summed E-state index contributed by atoms with van der Waals surface area (Å²) in [6, 6.07) is 17.1. The normalized spacial score (nSPS) is 11.1. The fourth-order valence-electron chi connectivity index (χ4n) is 2.92. The topological polar surface area (TPSA) is 86.2 Å². The van der Waals surface area contributed by atoms with E-state index in [0.29, 0.717) is 27.0 Å². The lowest BCUT2D eigenvalue weighted by molar-refractivity contribution is 0.252. The van der Waals surface area contributed by atoms with Crippen LogP contribution >= 0.6 is 23.2 Å². The summed E-state index contributed by atoms with van der Waals surface area (Å²) in [5.74, 6) is 0.399. The Labute approximate surface area is 202 Å². The second-order valence-corrected chi connectivity index (χ2v) is 8.27. The lowest BCUT2D eigenvalue weighted by Crippen LogP contribution is -2.24. The average molecular weight is 487 g/mol. The van der Waals surface area contributed by atoms with E-state index in [1.165, 1.54) is 12.3 Å². The van der Waals surface area contributed by atoms with E-state index in [2.05, 4.69) is 20.7 Å². The van der Waals surface area contributed by atoms with Crippen molar-refractivity contribution in [3.63, 3.8) is 0 Å². The Hall–Kier alpha value is -3.26. The van der Waals surface area contributed by atoms with Crippen molar-refractivity contribution < 1.29 is 14.6 Å². The summed E-state index contributed by atoms with van der Waals surface area (Å²) < 4.78 is 5.67. The van der Waals surface area contributed by atoms with Crippen LogP contribution in [0.15, 0.2) is 65.8 Å². The maximum absolute atomic E-state index is 12.0. The molecule has 2 amide bonds. The van der Waals surface area contributed by atoms with Gasteiger partial charge in [0, 0.05) is 29.4 Å². The zero-order valence-corrected chi connectivity index (χ0v) is 19.7. The second kappa shape index (κ2) is 11.6. The Balaban J connectivity index is 1.51. The van der Waals surface area contributed by atoms with Crippen LogP contribution in [0.5, 0.6) is 11.5 Å². The highest BCUT2D eigenvalue weighted by Gasteiger charge is 2.07. The summed E-state index contributed by atoms with van der Waals surface area (Å²) in [5.41, 5.74) is 5.30. The van der Waals surface area contributed by atoms with Crippen LogP contribution in [0.3, 0.4) is 0 Å². The summed E-state index contributed by atoms with van der Waals surface area (Å²) >= 11 is 12.2. The van der Waals surface area contributed by atoms with Gasteiger partial charge in [-0.2, -0.15) is 5.10 Å². The molecule has 0 fully saturated rings. The predicted octanol–water partition coefficient (Wildman–Crippen LogP) is 5.50. The van der Waals surface area contributed by atoms with Crippen LogP contribution in [0.25, 0.3) is 0 Å². The maximum atomic E-state index is 12.0. The highest BCUT2D eigenvalue weighted by molar-refractivity contribution is 6.42. The van der Waals surface area contributed by atoms with Gasteiger partial charge < -0.3 is 20.1 Å². The third-order valence-corrected chi connectivity index (χ3v) is 5.37. The highest BCUT2D eigenvalue weighted by Crippen LogP contribution is 2.28. The van der Waals surface area contributed by atoms with Gasteiger partial charge in [0.15, 0.2) is 0 Å². The molecule has 3 N–H and O–H groups in total. The fraction of sp³-hybridized carbons (Fsp3) is 0.167. The molecule has 9 heteroatoms. The molecular weight excluding hydrogens is 463 g/mol. The first kappa shape index (κ1) is 24.4. The van der Waals surface area contributed by atoms with E-state index in [1.807, 2.05) is 44.4 Å². The number of nitrogens with zero attached hydrogens (tertiary/aromatic N) is 2. The minimum atomic E-state index is -0.496. The van der Waals surface area contributed by atoms with Gasteiger partial charge in [-0.25, -0.2) is 10.2 Å². The van der Waals surface area contributed by atoms with Gasteiger partial charge in [0.25, 0.3) is 0 Å². The van der Waals surface area contributed by atoms with Gasteiger partial charge in [-0.05, 0) is 50.0 Å². The van der Waals surface area contributed by atoms with E-state index >= 15 is 0 Å². The monoisotopic (exact) mass is 486 g/mol. The van der Waals surface area contributed by atoms with E-state index in [0.717, 1.165) is 17.7 Å². The largest absolute Gasteiger partial charge is 0.507 e. The summed E-state index contributed by atoms with van der Waals surface area (Å²) in [5, 5.41) is 17.7. The molecule has 172 valence electrons. The fourth-order valence-corrected chi connectivity index (χ4v) is 3.30. The highest BCUT2D eigenvalue weighted by atomic mass is 35.5. The van der Waals surface area contributed by atoms with Gasteiger partial charge in [0.05, 0.1) is 16.3 Å². The van der Waals surface area contributed by atoms with Gasteiger partial charge in [-0.3, -0.25) is 0 Å².